The molecule has 0 fully saturated rings. The lowest BCUT2D eigenvalue weighted by Crippen LogP contribution is -2.21. The molecule has 6 nitrogen and oxygen atoms in total. The number of hydrogen-bond acceptors (Lipinski definition) is 5. The minimum atomic E-state index is -4.46. The van der Waals surface area contributed by atoms with E-state index in [-0.39, 0.29) is 18.0 Å². The number of amides is 1. The molecule has 0 saturated carbocycles. The first-order valence-corrected chi connectivity index (χ1v) is 8.00. The van der Waals surface area contributed by atoms with Crippen LogP contribution >= 0.6 is 11.3 Å². The molecular formula is C15H12F3N5OS. The summed E-state index contributed by atoms with van der Waals surface area (Å²) >= 11 is 1.46. The summed E-state index contributed by atoms with van der Waals surface area (Å²) in [5.74, 6) is -0.207. The van der Waals surface area contributed by atoms with Crippen LogP contribution in [0.3, 0.4) is 0 Å². The van der Waals surface area contributed by atoms with Crippen LogP contribution in [0, 0.1) is 6.92 Å². The predicted molar refractivity (Wildman–Crippen MR) is 85.7 cm³/mol. The van der Waals surface area contributed by atoms with Gasteiger partial charge in [0.15, 0.2) is 11.5 Å². The maximum atomic E-state index is 12.8. The number of halogens is 3. The van der Waals surface area contributed by atoms with Crippen molar-refractivity contribution in [3.63, 3.8) is 0 Å². The highest BCUT2D eigenvalue weighted by Gasteiger charge is 2.31. The van der Waals surface area contributed by atoms with Crippen LogP contribution in [0.2, 0.25) is 0 Å². The number of pyridine rings is 1. The van der Waals surface area contributed by atoms with Gasteiger partial charge in [0, 0.05) is 17.7 Å². The number of rotatable bonds is 4. The van der Waals surface area contributed by atoms with Crippen molar-refractivity contribution in [2.24, 2.45) is 0 Å². The Labute approximate surface area is 144 Å². The molecule has 3 rings (SSSR count). The summed E-state index contributed by atoms with van der Waals surface area (Å²) in [6, 6.07) is 2.16. The fourth-order valence-corrected chi connectivity index (χ4v) is 2.65. The zero-order valence-electron chi connectivity index (χ0n) is 12.9. The van der Waals surface area contributed by atoms with Gasteiger partial charge in [-0.1, -0.05) is 0 Å². The minimum absolute atomic E-state index is 0.0538. The molecule has 0 bridgehead atoms. The number of aryl methyl sites for hydroxylation is 1. The Morgan fingerprint density at radius 1 is 1.36 bits per heavy atom. The summed E-state index contributed by atoms with van der Waals surface area (Å²) < 4.78 is 39.6. The summed E-state index contributed by atoms with van der Waals surface area (Å²) in [7, 11) is 0. The number of nitrogens with one attached hydrogen (secondary N) is 1. The number of nitrogens with zero attached hydrogens (tertiary/aromatic N) is 4. The van der Waals surface area contributed by atoms with Gasteiger partial charge in [-0.25, -0.2) is 4.98 Å². The van der Waals surface area contributed by atoms with Crippen LogP contribution in [-0.2, 0) is 17.5 Å². The van der Waals surface area contributed by atoms with Crippen LogP contribution in [0.4, 0.5) is 13.2 Å². The lowest BCUT2D eigenvalue weighted by Gasteiger charge is -2.07. The minimum Gasteiger partial charge on any atom is -0.345 e. The number of fused-ring (bicyclic) bond motifs is 1. The van der Waals surface area contributed by atoms with Crippen molar-refractivity contribution < 1.29 is 18.0 Å². The second-order valence-electron chi connectivity index (χ2n) is 5.10. The predicted octanol–water partition coefficient (Wildman–Crippen LogP) is 2.84. The van der Waals surface area contributed by atoms with Crippen LogP contribution in [-0.4, -0.2) is 25.5 Å². The Balaban J connectivity index is 1.70. The smallest absolute Gasteiger partial charge is 0.345 e. The molecule has 10 heteroatoms. The third-order valence-electron chi connectivity index (χ3n) is 3.26. The molecule has 0 spiro atoms. The molecule has 1 N–H and O–H groups in total. The number of carbonyl (C=O) groups is 1. The van der Waals surface area contributed by atoms with E-state index in [1.165, 1.54) is 27.9 Å². The van der Waals surface area contributed by atoms with Crippen molar-refractivity contribution in [1.29, 1.82) is 0 Å². The number of hydrogen-bond donors (Lipinski definition) is 1. The van der Waals surface area contributed by atoms with Crippen molar-refractivity contribution in [3.8, 4) is 0 Å². The van der Waals surface area contributed by atoms with Crippen LogP contribution in [0.5, 0.6) is 0 Å². The zero-order valence-corrected chi connectivity index (χ0v) is 13.7. The van der Waals surface area contributed by atoms with Crippen LogP contribution in [0.15, 0.2) is 29.8 Å². The Bertz CT molecular complexity index is 944. The average molecular weight is 367 g/mol. The molecule has 3 aromatic rings. The Morgan fingerprint density at radius 2 is 2.16 bits per heavy atom. The van der Waals surface area contributed by atoms with Crippen LogP contribution in [0.1, 0.15) is 22.1 Å². The van der Waals surface area contributed by atoms with Gasteiger partial charge in [0.25, 0.3) is 0 Å². The molecule has 25 heavy (non-hydrogen) atoms. The molecule has 0 aliphatic heterocycles. The van der Waals surface area contributed by atoms with E-state index in [1.54, 1.807) is 6.08 Å². The quantitative estimate of drug-likeness (QED) is 0.720. The van der Waals surface area contributed by atoms with Gasteiger partial charge >= 0.3 is 6.18 Å². The maximum Gasteiger partial charge on any atom is 0.417 e. The fraction of sp³-hybridized carbons (Fsp3) is 0.200. The highest BCUT2D eigenvalue weighted by molar-refractivity contribution is 7.09. The van der Waals surface area contributed by atoms with E-state index in [1.807, 2.05) is 12.3 Å². The van der Waals surface area contributed by atoms with E-state index in [9.17, 15) is 18.0 Å². The summed E-state index contributed by atoms with van der Waals surface area (Å²) in [4.78, 5) is 16.0. The topological polar surface area (TPSA) is 72.2 Å². The third-order valence-corrected chi connectivity index (χ3v) is 4.05. The molecule has 0 aliphatic rings. The molecule has 0 aromatic carbocycles. The molecule has 0 aliphatic carbocycles. The molecule has 0 saturated heterocycles. The SMILES string of the molecule is Cc1nc(C=CC(=O)NCc2nnc3ccc(C(F)(F)F)cn23)cs1. The summed E-state index contributed by atoms with van der Waals surface area (Å²) in [5.41, 5.74) is 0.123. The van der Waals surface area contributed by atoms with E-state index in [2.05, 4.69) is 20.5 Å². The fourth-order valence-electron chi connectivity index (χ4n) is 2.07. The van der Waals surface area contributed by atoms with Gasteiger partial charge in [-0.2, -0.15) is 13.2 Å². The lowest BCUT2D eigenvalue weighted by atomic mass is 10.3. The van der Waals surface area contributed by atoms with E-state index in [0.29, 0.717) is 5.69 Å². The first-order chi connectivity index (χ1) is 11.8. The van der Waals surface area contributed by atoms with Gasteiger partial charge < -0.3 is 5.32 Å². The van der Waals surface area contributed by atoms with E-state index < -0.39 is 17.6 Å². The molecule has 1 amide bonds. The standard InChI is InChI=1S/C15H12F3N5OS/c1-9-20-11(8-25-9)3-5-14(24)19-6-13-22-21-12-4-2-10(7-23(12)13)15(16,17)18/h2-5,7-8H,6H2,1H3,(H,19,24). The molecular weight excluding hydrogens is 355 g/mol. The number of carbonyl (C=O) groups excluding carboxylic acids is 1. The molecule has 3 aromatic heterocycles. The van der Waals surface area contributed by atoms with Crippen LogP contribution < -0.4 is 5.32 Å². The highest BCUT2D eigenvalue weighted by atomic mass is 32.1. The van der Waals surface area contributed by atoms with Crippen molar-refractivity contribution in [2.75, 3.05) is 0 Å². The number of aromatic nitrogens is 4. The Morgan fingerprint density at radius 3 is 2.84 bits per heavy atom. The first-order valence-electron chi connectivity index (χ1n) is 7.12. The van der Waals surface area contributed by atoms with Gasteiger partial charge in [0.05, 0.1) is 22.8 Å². The average Bonchev–Trinajstić information content (AvgIpc) is 3.15. The second kappa shape index (κ2) is 6.63. The van der Waals surface area contributed by atoms with Gasteiger partial charge in [0.2, 0.25) is 5.91 Å². The first kappa shape index (κ1) is 17.1. The Kier molecular flexibility index (Phi) is 4.53. The van der Waals surface area contributed by atoms with E-state index in [0.717, 1.165) is 17.3 Å². The molecule has 0 radical (unpaired) electrons. The highest BCUT2D eigenvalue weighted by Crippen LogP contribution is 2.29. The van der Waals surface area contributed by atoms with E-state index in [4.69, 9.17) is 0 Å². The summed E-state index contributed by atoms with van der Waals surface area (Å²) in [5, 5.41) is 12.8. The van der Waals surface area contributed by atoms with Gasteiger partial charge in [-0.3, -0.25) is 9.20 Å². The number of alkyl halides is 3. The van der Waals surface area contributed by atoms with Gasteiger partial charge in [-0.15, -0.1) is 21.5 Å². The largest absolute Gasteiger partial charge is 0.417 e. The maximum absolute atomic E-state index is 12.8. The second-order valence-corrected chi connectivity index (χ2v) is 6.16. The van der Waals surface area contributed by atoms with Crippen molar-refractivity contribution in [1.82, 2.24) is 24.9 Å². The van der Waals surface area contributed by atoms with Gasteiger partial charge in [-0.05, 0) is 25.1 Å². The third kappa shape index (κ3) is 4.02. The summed E-state index contributed by atoms with van der Waals surface area (Å²) in [6.07, 6.45) is -0.695. The monoisotopic (exact) mass is 367 g/mol. The normalized spacial score (nSPS) is 12.2. The van der Waals surface area contributed by atoms with Crippen molar-refractivity contribution >= 4 is 29.0 Å². The molecule has 3 heterocycles. The molecule has 0 unspecified atom stereocenters. The van der Waals surface area contributed by atoms with Gasteiger partial charge in [0.1, 0.15) is 0 Å². The summed E-state index contributed by atoms with van der Waals surface area (Å²) in [6.45, 7) is 1.80. The molecule has 0 atom stereocenters. The Hall–Kier alpha value is -2.75. The van der Waals surface area contributed by atoms with Crippen molar-refractivity contribution in [2.45, 2.75) is 19.6 Å². The van der Waals surface area contributed by atoms with Crippen molar-refractivity contribution in [3.05, 3.63) is 51.9 Å². The van der Waals surface area contributed by atoms with E-state index >= 15 is 0 Å². The zero-order chi connectivity index (χ0) is 18.0. The molecule has 130 valence electrons. The number of thiazole rings is 1. The van der Waals surface area contributed by atoms with Crippen LogP contribution in [0.25, 0.3) is 11.7 Å². The lowest BCUT2D eigenvalue weighted by molar-refractivity contribution is -0.137.